The second-order valence-corrected chi connectivity index (χ2v) is 6.08. The summed E-state index contributed by atoms with van der Waals surface area (Å²) in [6.07, 6.45) is 1.36. The molecule has 110 valence electrons. The van der Waals surface area contributed by atoms with Gasteiger partial charge in [0.05, 0.1) is 21.8 Å². The molecule has 1 aromatic carbocycles. The second kappa shape index (κ2) is 6.12. The van der Waals surface area contributed by atoms with Gasteiger partial charge in [-0.3, -0.25) is 19.6 Å². The molecule has 0 aliphatic carbocycles. The van der Waals surface area contributed by atoms with Crippen LogP contribution in [0.2, 0.25) is 5.02 Å². The Hall–Kier alpha value is -1.45. The molecule has 0 atom stereocenters. The SMILES string of the molecule is Cn1ncc(Cl)c1C(=O)Nc1c(Br)cc([N+](=O)[O-])cc1Br. The van der Waals surface area contributed by atoms with Crippen molar-refractivity contribution >= 4 is 60.7 Å². The highest BCUT2D eigenvalue weighted by atomic mass is 79.9. The molecule has 10 heteroatoms. The molecule has 0 saturated heterocycles. The van der Waals surface area contributed by atoms with Crippen LogP contribution in [0, 0.1) is 10.1 Å². The van der Waals surface area contributed by atoms with Crippen LogP contribution >= 0.6 is 43.5 Å². The number of non-ortho nitro benzene ring substituents is 1. The number of benzene rings is 1. The van der Waals surface area contributed by atoms with E-state index in [4.69, 9.17) is 11.6 Å². The number of amides is 1. The van der Waals surface area contributed by atoms with E-state index in [9.17, 15) is 14.9 Å². The third kappa shape index (κ3) is 3.25. The van der Waals surface area contributed by atoms with E-state index in [0.29, 0.717) is 14.6 Å². The van der Waals surface area contributed by atoms with E-state index < -0.39 is 10.8 Å². The maximum atomic E-state index is 12.2. The number of nitro groups is 1. The van der Waals surface area contributed by atoms with Gasteiger partial charge in [0.2, 0.25) is 0 Å². The van der Waals surface area contributed by atoms with Crippen molar-refractivity contribution in [1.29, 1.82) is 0 Å². The number of anilines is 1. The molecule has 21 heavy (non-hydrogen) atoms. The van der Waals surface area contributed by atoms with Crippen LogP contribution in [0.3, 0.4) is 0 Å². The minimum absolute atomic E-state index is 0.106. The van der Waals surface area contributed by atoms with Crippen LogP contribution < -0.4 is 5.32 Å². The van der Waals surface area contributed by atoms with E-state index in [2.05, 4.69) is 42.3 Å². The van der Waals surface area contributed by atoms with Crippen LogP contribution in [0.1, 0.15) is 10.5 Å². The molecule has 0 aliphatic heterocycles. The molecule has 7 nitrogen and oxygen atoms in total. The Kier molecular flexibility index (Phi) is 4.64. The molecule has 2 rings (SSSR count). The van der Waals surface area contributed by atoms with Gasteiger partial charge >= 0.3 is 0 Å². The Bertz CT molecular complexity index is 705. The predicted octanol–water partition coefficient (Wildman–Crippen LogP) is 3.76. The van der Waals surface area contributed by atoms with Gasteiger partial charge in [-0.1, -0.05) is 11.6 Å². The van der Waals surface area contributed by atoms with Crippen molar-refractivity contribution < 1.29 is 9.72 Å². The van der Waals surface area contributed by atoms with Crippen molar-refractivity contribution in [2.75, 3.05) is 5.32 Å². The fourth-order valence-electron chi connectivity index (χ4n) is 1.62. The number of aryl methyl sites for hydroxylation is 1. The van der Waals surface area contributed by atoms with Crippen molar-refractivity contribution in [2.45, 2.75) is 0 Å². The molecule has 0 saturated carbocycles. The number of aromatic nitrogens is 2. The molecule has 1 aromatic heterocycles. The molecule has 0 aliphatic rings. The van der Waals surface area contributed by atoms with Crippen LogP contribution in [0.4, 0.5) is 11.4 Å². The van der Waals surface area contributed by atoms with Crippen LogP contribution in [0.25, 0.3) is 0 Å². The number of halogens is 3. The summed E-state index contributed by atoms with van der Waals surface area (Å²) < 4.78 is 2.08. The zero-order valence-electron chi connectivity index (χ0n) is 10.4. The van der Waals surface area contributed by atoms with Crippen molar-refractivity contribution in [3.05, 3.63) is 48.1 Å². The second-order valence-electron chi connectivity index (χ2n) is 3.96. The number of carbonyl (C=O) groups excluding carboxylic acids is 1. The summed E-state index contributed by atoms with van der Waals surface area (Å²) in [6, 6.07) is 2.59. The highest BCUT2D eigenvalue weighted by molar-refractivity contribution is 9.11. The topological polar surface area (TPSA) is 90.1 Å². The van der Waals surface area contributed by atoms with E-state index >= 15 is 0 Å². The molecule has 2 aromatic rings. The predicted molar refractivity (Wildman–Crippen MR) is 84.7 cm³/mol. The lowest BCUT2D eigenvalue weighted by Gasteiger charge is -2.10. The smallest absolute Gasteiger partial charge is 0.275 e. The number of nitro benzene ring substituents is 1. The van der Waals surface area contributed by atoms with E-state index in [1.165, 1.54) is 23.0 Å². The van der Waals surface area contributed by atoms with Gasteiger partial charge in [-0.15, -0.1) is 0 Å². The number of hydrogen-bond donors (Lipinski definition) is 1. The summed E-state index contributed by atoms with van der Waals surface area (Å²) in [6.45, 7) is 0. The highest BCUT2D eigenvalue weighted by Gasteiger charge is 2.20. The van der Waals surface area contributed by atoms with Crippen LogP contribution in [0.5, 0.6) is 0 Å². The van der Waals surface area contributed by atoms with Gasteiger partial charge in [0.1, 0.15) is 5.69 Å². The lowest BCUT2D eigenvalue weighted by molar-refractivity contribution is -0.385. The molecule has 1 N–H and O–H groups in total. The summed E-state index contributed by atoms with van der Waals surface area (Å²) in [5.41, 5.74) is 0.446. The molecular weight excluding hydrogens is 431 g/mol. The maximum absolute atomic E-state index is 12.2. The molecule has 0 fully saturated rings. The Balaban J connectivity index is 2.36. The number of hydrogen-bond acceptors (Lipinski definition) is 4. The first-order chi connectivity index (χ1) is 9.81. The van der Waals surface area contributed by atoms with E-state index in [-0.39, 0.29) is 16.4 Å². The average Bonchev–Trinajstić information content (AvgIpc) is 2.73. The zero-order chi connectivity index (χ0) is 15.7. The summed E-state index contributed by atoms with van der Waals surface area (Å²) in [5.74, 6) is -0.477. The zero-order valence-corrected chi connectivity index (χ0v) is 14.4. The third-order valence-corrected chi connectivity index (χ3v) is 4.11. The van der Waals surface area contributed by atoms with Crippen LogP contribution in [-0.2, 0) is 7.05 Å². The Morgan fingerprint density at radius 3 is 2.43 bits per heavy atom. The molecule has 0 radical (unpaired) electrons. The van der Waals surface area contributed by atoms with Crippen molar-refractivity contribution in [3.63, 3.8) is 0 Å². The standard InChI is InChI=1S/C11H7Br2ClN4O3/c1-17-10(8(14)4-15-17)11(19)16-9-6(12)2-5(18(20)21)3-7(9)13/h2-4H,1H3,(H,16,19). The van der Waals surface area contributed by atoms with Gasteiger partial charge in [-0.05, 0) is 31.9 Å². The van der Waals surface area contributed by atoms with E-state index in [1.54, 1.807) is 7.05 Å². The van der Waals surface area contributed by atoms with E-state index in [0.717, 1.165) is 0 Å². The van der Waals surface area contributed by atoms with Crippen molar-refractivity contribution in [2.24, 2.45) is 7.05 Å². The minimum atomic E-state index is -0.529. The summed E-state index contributed by atoms with van der Waals surface area (Å²) in [7, 11) is 1.58. The van der Waals surface area contributed by atoms with Gasteiger partial charge in [0, 0.05) is 28.1 Å². The van der Waals surface area contributed by atoms with Crippen LogP contribution in [-0.4, -0.2) is 20.6 Å². The van der Waals surface area contributed by atoms with Crippen molar-refractivity contribution in [1.82, 2.24) is 9.78 Å². The first-order valence-electron chi connectivity index (χ1n) is 5.43. The molecular formula is C11H7Br2ClN4O3. The normalized spacial score (nSPS) is 10.5. The fraction of sp³-hybridized carbons (Fsp3) is 0.0909. The Labute approximate surface area is 140 Å². The van der Waals surface area contributed by atoms with Gasteiger partial charge in [0.15, 0.2) is 0 Å². The van der Waals surface area contributed by atoms with Crippen LogP contribution in [0.15, 0.2) is 27.3 Å². The first kappa shape index (κ1) is 15.9. The quantitative estimate of drug-likeness (QED) is 0.584. The lowest BCUT2D eigenvalue weighted by atomic mass is 10.2. The third-order valence-electron chi connectivity index (χ3n) is 2.59. The van der Waals surface area contributed by atoms with Crippen molar-refractivity contribution in [3.8, 4) is 0 Å². The molecule has 1 heterocycles. The largest absolute Gasteiger partial charge is 0.319 e. The van der Waals surface area contributed by atoms with Gasteiger partial charge in [-0.25, -0.2) is 0 Å². The fourth-order valence-corrected chi connectivity index (χ4v) is 3.24. The molecule has 0 spiro atoms. The summed E-state index contributed by atoms with van der Waals surface area (Å²) in [5, 5.41) is 17.5. The summed E-state index contributed by atoms with van der Waals surface area (Å²) in [4.78, 5) is 22.4. The van der Waals surface area contributed by atoms with Gasteiger partial charge < -0.3 is 5.32 Å². The van der Waals surface area contributed by atoms with Gasteiger partial charge in [-0.2, -0.15) is 5.10 Å². The number of nitrogens with zero attached hydrogens (tertiary/aromatic N) is 3. The first-order valence-corrected chi connectivity index (χ1v) is 7.40. The lowest BCUT2D eigenvalue weighted by Crippen LogP contribution is -2.17. The molecule has 0 bridgehead atoms. The number of nitrogens with one attached hydrogen (secondary N) is 1. The monoisotopic (exact) mass is 436 g/mol. The Morgan fingerprint density at radius 1 is 1.43 bits per heavy atom. The van der Waals surface area contributed by atoms with Gasteiger partial charge in [0.25, 0.3) is 11.6 Å². The number of carbonyl (C=O) groups is 1. The average molecular weight is 438 g/mol. The Morgan fingerprint density at radius 2 is 2.00 bits per heavy atom. The summed E-state index contributed by atoms with van der Waals surface area (Å²) >= 11 is 12.3. The molecule has 1 amide bonds. The highest BCUT2D eigenvalue weighted by Crippen LogP contribution is 2.35. The number of rotatable bonds is 3. The minimum Gasteiger partial charge on any atom is -0.319 e. The maximum Gasteiger partial charge on any atom is 0.275 e. The van der Waals surface area contributed by atoms with E-state index in [1.807, 2.05) is 0 Å². The molecule has 0 unspecified atom stereocenters.